The molecule has 0 fully saturated rings. The zero-order valence-electron chi connectivity index (χ0n) is 41.8. The molecular weight excluding hydrogens is 767 g/mol. The van der Waals surface area contributed by atoms with Crippen LogP contribution < -0.4 is 5.32 Å². The lowest BCUT2D eigenvalue weighted by atomic mass is 10.0. The van der Waals surface area contributed by atoms with Gasteiger partial charge in [0.1, 0.15) is 6.10 Å². The van der Waals surface area contributed by atoms with Crippen molar-refractivity contribution in [3.05, 3.63) is 24.3 Å². The van der Waals surface area contributed by atoms with Gasteiger partial charge < -0.3 is 20.3 Å². The summed E-state index contributed by atoms with van der Waals surface area (Å²) in [6.07, 6.45) is 58.2. The topological polar surface area (TPSA) is 95.9 Å². The van der Waals surface area contributed by atoms with Gasteiger partial charge in [-0.1, -0.05) is 231 Å². The van der Waals surface area contributed by atoms with E-state index in [-0.39, 0.29) is 24.9 Å². The fourth-order valence-electron chi connectivity index (χ4n) is 8.54. The van der Waals surface area contributed by atoms with Crippen LogP contribution in [0.1, 0.15) is 297 Å². The van der Waals surface area contributed by atoms with Gasteiger partial charge in [-0.25, -0.2) is 0 Å². The van der Waals surface area contributed by atoms with Crippen molar-refractivity contribution in [2.24, 2.45) is 0 Å². The van der Waals surface area contributed by atoms with Crippen LogP contribution in [0.3, 0.4) is 0 Å². The van der Waals surface area contributed by atoms with Crippen LogP contribution in [0, 0.1) is 0 Å². The molecule has 6 heteroatoms. The molecule has 3 atom stereocenters. The summed E-state index contributed by atoms with van der Waals surface area (Å²) >= 11 is 0. The van der Waals surface area contributed by atoms with Crippen molar-refractivity contribution in [2.75, 3.05) is 6.61 Å². The molecule has 0 saturated heterocycles. The molecule has 0 saturated carbocycles. The van der Waals surface area contributed by atoms with Crippen molar-refractivity contribution < 1.29 is 24.5 Å². The van der Waals surface area contributed by atoms with Crippen LogP contribution in [0.5, 0.6) is 0 Å². The second-order valence-electron chi connectivity index (χ2n) is 19.0. The number of aliphatic hydroxyl groups is 2. The van der Waals surface area contributed by atoms with Gasteiger partial charge in [-0.2, -0.15) is 0 Å². The number of allylic oxidation sites excluding steroid dienone is 4. The normalized spacial score (nSPS) is 13.3. The number of amides is 1. The SMILES string of the molecule is CCCCC/C=C\CCCCCC(CC(=O)NC(CO)C(O)CCCCCCCCCCCCCCCC)OC(=O)CCCCCCCCCCC/C=C/CCCCCCCC. The van der Waals surface area contributed by atoms with Crippen molar-refractivity contribution >= 4 is 11.9 Å². The Bertz CT molecular complexity index is 981. The van der Waals surface area contributed by atoms with Gasteiger partial charge in [0.25, 0.3) is 0 Å². The van der Waals surface area contributed by atoms with E-state index in [2.05, 4.69) is 50.4 Å². The Balaban J connectivity index is 4.42. The summed E-state index contributed by atoms with van der Waals surface area (Å²) in [4.78, 5) is 26.1. The summed E-state index contributed by atoms with van der Waals surface area (Å²) in [5, 5.41) is 23.8. The van der Waals surface area contributed by atoms with Crippen molar-refractivity contribution in [3.63, 3.8) is 0 Å². The van der Waals surface area contributed by atoms with Gasteiger partial charge in [-0.15, -0.1) is 0 Å². The fourth-order valence-corrected chi connectivity index (χ4v) is 8.54. The number of ether oxygens (including phenoxy) is 1. The Morgan fingerprint density at radius 2 is 0.774 bits per heavy atom. The first-order valence-electron chi connectivity index (χ1n) is 27.6. The van der Waals surface area contributed by atoms with Crippen molar-refractivity contribution in [3.8, 4) is 0 Å². The summed E-state index contributed by atoms with van der Waals surface area (Å²) in [6.45, 7) is 6.47. The van der Waals surface area contributed by atoms with Gasteiger partial charge in [0.2, 0.25) is 5.91 Å². The number of hydrogen-bond donors (Lipinski definition) is 3. The molecule has 6 nitrogen and oxygen atoms in total. The third-order valence-corrected chi connectivity index (χ3v) is 12.8. The van der Waals surface area contributed by atoms with Gasteiger partial charge >= 0.3 is 5.97 Å². The van der Waals surface area contributed by atoms with E-state index in [0.29, 0.717) is 19.3 Å². The number of nitrogens with one attached hydrogen (secondary N) is 1. The average molecular weight is 874 g/mol. The number of aliphatic hydroxyl groups excluding tert-OH is 2. The number of rotatable bonds is 50. The number of hydrogen-bond acceptors (Lipinski definition) is 5. The second-order valence-corrected chi connectivity index (χ2v) is 19.0. The Morgan fingerprint density at radius 1 is 0.452 bits per heavy atom. The summed E-state index contributed by atoms with van der Waals surface area (Å²) in [7, 11) is 0. The third kappa shape index (κ3) is 44.9. The second kappa shape index (κ2) is 50.3. The van der Waals surface area contributed by atoms with Gasteiger partial charge in [0.05, 0.1) is 25.2 Å². The van der Waals surface area contributed by atoms with E-state index in [4.69, 9.17) is 4.74 Å². The molecule has 62 heavy (non-hydrogen) atoms. The Labute approximate surface area is 386 Å². The third-order valence-electron chi connectivity index (χ3n) is 12.8. The molecule has 0 aromatic rings. The van der Waals surface area contributed by atoms with Crippen LogP contribution in [0.4, 0.5) is 0 Å². The van der Waals surface area contributed by atoms with E-state index in [9.17, 15) is 19.8 Å². The number of unbranched alkanes of at least 4 members (excludes halogenated alkanes) is 34. The van der Waals surface area contributed by atoms with Crippen LogP contribution in [-0.2, 0) is 14.3 Å². The fraction of sp³-hybridized carbons (Fsp3) is 0.893. The number of carbonyl (C=O) groups excluding carboxylic acids is 2. The average Bonchev–Trinajstić information content (AvgIpc) is 3.26. The molecule has 0 aliphatic heterocycles. The van der Waals surface area contributed by atoms with E-state index in [1.807, 2.05) is 0 Å². The minimum Gasteiger partial charge on any atom is -0.462 e. The first-order valence-corrected chi connectivity index (χ1v) is 27.6. The molecule has 0 aliphatic rings. The van der Waals surface area contributed by atoms with E-state index < -0.39 is 18.2 Å². The molecule has 0 bridgehead atoms. The van der Waals surface area contributed by atoms with Crippen LogP contribution in [0.2, 0.25) is 0 Å². The largest absolute Gasteiger partial charge is 0.462 e. The molecule has 0 heterocycles. The highest BCUT2D eigenvalue weighted by molar-refractivity contribution is 5.77. The van der Waals surface area contributed by atoms with Gasteiger partial charge in [-0.3, -0.25) is 9.59 Å². The van der Waals surface area contributed by atoms with E-state index >= 15 is 0 Å². The molecule has 366 valence electrons. The Hall–Kier alpha value is -1.66. The molecule has 0 aliphatic carbocycles. The molecule has 0 radical (unpaired) electrons. The first-order chi connectivity index (χ1) is 30.5. The molecule has 1 amide bonds. The van der Waals surface area contributed by atoms with Crippen molar-refractivity contribution in [1.82, 2.24) is 5.32 Å². The Kier molecular flexibility index (Phi) is 49.0. The summed E-state index contributed by atoms with van der Waals surface area (Å²) in [5.74, 6) is -0.479. The number of carbonyl (C=O) groups is 2. The van der Waals surface area contributed by atoms with E-state index in [1.165, 1.54) is 186 Å². The highest BCUT2D eigenvalue weighted by Crippen LogP contribution is 2.18. The van der Waals surface area contributed by atoms with Crippen LogP contribution in [0.15, 0.2) is 24.3 Å². The van der Waals surface area contributed by atoms with Gasteiger partial charge in [0, 0.05) is 6.42 Å². The highest BCUT2D eigenvalue weighted by atomic mass is 16.5. The number of esters is 1. The summed E-state index contributed by atoms with van der Waals surface area (Å²) in [5.41, 5.74) is 0. The molecular formula is C56H107NO5. The summed E-state index contributed by atoms with van der Waals surface area (Å²) in [6, 6.07) is -0.702. The van der Waals surface area contributed by atoms with Crippen LogP contribution in [0.25, 0.3) is 0 Å². The molecule has 3 unspecified atom stereocenters. The summed E-state index contributed by atoms with van der Waals surface area (Å²) < 4.78 is 5.93. The minimum atomic E-state index is -0.788. The first kappa shape index (κ1) is 60.3. The molecule has 3 N–H and O–H groups in total. The lowest BCUT2D eigenvalue weighted by molar-refractivity contribution is -0.151. The predicted octanol–water partition coefficient (Wildman–Crippen LogP) is 16.7. The molecule has 0 spiro atoms. The van der Waals surface area contributed by atoms with Crippen LogP contribution >= 0.6 is 0 Å². The van der Waals surface area contributed by atoms with Crippen molar-refractivity contribution in [2.45, 2.75) is 315 Å². The van der Waals surface area contributed by atoms with Gasteiger partial charge in [-0.05, 0) is 77.0 Å². The monoisotopic (exact) mass is 874 g/mol. The van der Waals surface area contributed by atoms with E-state index in [0.717, 1.165) is 64.2 Å². The molecule has 0 rings (SSSR count). The minimum absolute atomic E-state index is 0.0701. The molecule has 0 aromatic carbocycles. The quantitative estimate of drug-likeness (QED) is 0.0321. The lowest BCUT2D eigenvalue weighted by Gasteiger charge is -2.24. The maximum atomic E-state index is 13.2. The predicted molar refractivity (Wildman–Crippen MR) is 269 cm³/mol. The van der Waals surface area contributed by atoms with Crippen LogP contribution in [-0.4, -0.2) is 46.9 Å². The van der Waals surface area contributed by atoms with Crippen molar-refractivity contribution in [1.29, 1.82) is 0 Å². The maximum absolute atomic E-state index is 13.2. The lowest BCUT2D eigenvalue weighted by Crippen LogP contribution is -2.46. The molecule has 0 aromatic heterocycles. The smallest absolute Gasteiger partial charge is 0.306 e. The highest BCUT2D eigenvalue weighted by Gasteiger charge is 2.24. The standard InChI is InChI=1S/C56H107NO5/c1-4-7-10-13-16-19-22-24-26-27-28-29-30-32-34-37-40-43-46-49-56(61)62-52(47-44-41-38-35-21-18-15-12-9-6-3)50-55(60)57-53(51-58)54(59)48-45-42-39-36-33-31-25-23-20-17-14-11-8-5-2/h18,21,24,26,52-54,58-59H,4-17,19-20,22-23,25,27-51H2,1-3H3,(H,57,60)/b21-18-,26-24+. The van der Waals surface area contributed by atoms with E-state index in [1.54, 1.807) is 0 Å². The zero-order chi connectivity index (χ0) is 45.2. The zero-order valence-corrected chi connectivity index (χ0v) is 41.8. The Morgan fingerprint density at radius 3 is 1.19 bits per heavy atom. The van der Waals surface area contributed by atoms with Gasteiger partial charge in [0.15, 0.2) is 0 Å². The maximum Gasteiger partial charge on any atom is 0.306 e.